The molecule has 1 aliphatic rings. The molecule has 0 aliphatic heterocycles. The predicted molar refractivity (Wildman–Crippen MR) is 94.5 cm³/mol. The lowest BCUT2D eigenvalue weighted by Crippen LogP contribution is -2.04. The fraction of sp³-hybridized carbons (Fsp3) is 0.400. The van der Waals surface area contributed by atoms with Gasteiger partial charge in [0, 0.05) is 18.9 Å². The molecule has 1 atom stereocenters. The van der Waals surface area contributed by atoms with E-state index in [0.29, 0.717) is 18.4 Å². The highest BCUT2D eigenvalue weighted by Gasteiger charge is 2.36. The van der Waals surface area contributed by atoms with E-state index >= 15 is 0 Å². The Morgan fingerprint density at radius 3 is 2.84 bits per heavy atom. The minimum absolute atomic E-state index is 0.0480. The minimum Gasteiger partial charge on any atom is -0.493 e. The molecule has 0 amide bonds. The molecule has 0 bridgehead atoms. The normalized spacial score (nSPS) is 15.4. The third-order valence-electron chi connectivity index (χ3n) is 4.58. The van der Waals surface area contributed by atoms with Gasteiger partial charge in [0.25, 0.3) is 5.89 Å². The number of hydrogen-bond acceptors (Lipinski definition) is 5. The molecule has 0 radical (unpaired) electrons. The molecule has 1 aliphatic carbocycles. The van der Waals surface area contributed by atoms with Gasteiger partial charge in [-0.2, -0.15) is 4.98 Å². The van der Waals surface area contributed by atoms with Crippen molar-refractivity contribution in [2.24, 2.45) is 5.92 Å². The average molecular weight is 338 g/mol. The van der Waals surface area contributed by atoms with Gasteiger partial charge in [0.1, 0.15) is 11.9 Å². The summed E-state index contributed by atoms with van der Waals surface area (Å²) in [6.07, 6.45) is 3.87. The number of nitrogens with zero attached hydrogens (tertiary/aromatic N) is 2. The van der Waals surface area contributed by atoms with Crippen molar-refractivity contribution < 1.29 is 14.0 Å². The van der Waals surface area contributed by atoms with Crippen molar-refractivity contribution in [3.8, 4) is 5.75 Å². The van der Waals surface area contributed by atoms with Gasteiger partial charge in [0.2, 0.25) is 0 Å². The van der Waals surface area contributed by atoms with Gasteiger partial charge in [0.15, 0.2) is 5.82 Å². The molecule has 4 rings (SSSR count). The standard InChI is InChI=1S/C20H22N2O3/c1-23-19(15-11-12-15)20-21-18(22-25-20)10-5-13-24-17-9-4-7-14-6-2-3-8-16(14)17/h2-4,6-9,15,19H,5,10-13H2,1H3. The second-order valence-corrected chi connectivity index (χ2v) is 6.47. The van der Waals surface area contributed by atoms with Crippen LogP contribution in [0.1, 0.15) is 37.1 Å². The summed E-state index contributed by atoms with van der Waals surface area (Å²) in [4.78, 5) is 4.48. The number of aryl methyl sites for hydroxylation is 1. The lowest BCUT2D eigenvalue weighted by Gasteiger charge is -2.08. The first-order chi connectivity index (χ1) is 12.3. The van der Waals surface area contributed by atoms with Crippen LogP contribution in [0.3, 0.4) is 0 Å². The van der Waals surface area contributed by atoms with Crippen LogP contribution < -0.4 is 4.74 Å². The van der Waals surface area contributed by atoms with Crippen molar-refractivity contribution in [1.82, 2.24) is 10.1 Å². The lowest BCUT2D eigenvalue weighted by atomic mass is 10.1. The van der Waals surface area contributed by atoms with Crippen molar-refractivity contribution in [3.63, 3.8) is 0 Å². The number of fused-ring (bicyclic) bond motifs is 1. The van der Waals surface area contributed by atoms with Crippen LogP contribution in [0, 0.1) is 5.92 Å². The zero-order chi connectivity index (χ0) is 17.1. The van der Waals surface area contributed by atoms with E-state index in [1.165, 1.54) is 18.2 Å². The van der Waals surface area contributed by atoms with Gasteiger partial charge in [0.05, 0.1) is 6.61 Å². The zero-order valence-electron chi connectivity index (χ0n) is 14.4. The Bertz CT molecular complexity index is 836. The van der Waals surface area contributed by atoms with Crippen LogP contribution in [-0.4, -0.2) is 23.9 Å². The first kappa shape index (κ1) is 16.1. The molecule has 1 aromatic heterocycles. The van der Waals surface area contributed by atoms with Crippen molar-refractivity contribution in [2.45, 2.75) is 31.8 Å². The summed E-state index contributed by atoms with van der Waals surface area (Å²) in [5.41, 5.74) is 0. The summed E-state index contributed by atoms with van der Waals surface area (Å²) in [5.74, 6) is 2.78. The molecule has 1 saturated carbocycles. The molecule has 5 heteroatoms. The van der Waals surface area contributed by atoms with Crippen LogP contribution in [0.25, 0.3) is 10.8 Å². The van der Waals surface area contributed by atoms with Crippen LogP contribution in [0.4, 0.5) is 0 Å². The van der Waals surface area contributed by atoms with E-state index in [1.54, 1.807) is 7.11 Å². The van der Waals surface area contributed by atoms with Gasteiger partial charge in [-0.15, -0.1) is 0 Å². The molecule has 1 heterocycles. The molecule has 25 heavy (non-hydrogen) atoms. The molecule has 5 nitrogen and oxygen atoms in total. The first-order valence-corrected chi connectivity index (χ1v) is 8.81. The fourth-order valence-electron chi connectivity index (χ4n) is 3.11. The van der Waals surface area contributed by atoms with Crippen molar-refractivity contribution in [1.29, 1.82) is 0 Å². The van der Waals surface area contributed by atoms with E-state index in [2.05, 4.69) is 28.3 Å². The fourth-order valence-corrected chi connectivity index (χ4v) is 3.11. The van der Waals surface area contributed by atoms with E-state index in [4.69, 9.17) is 14.0 Å². The molecule has 0 spiro atoms. The van der Waals surface area contributed by atoms with E-state index in [0.717, 1.165) is 29.8 Å². The minimum atomic E-state index is -0.0480. The van der Waals surface area contributed by atoms with E-state index in [9.17, 15) is 0 Å². The highest BCUT2D eigenvalue weighted by atomic mass is 16.5. The topological polar surface area (TPSA) is 57.4 Å². The Morgan fingerprint density at radius 1 is 1.16 bits per heavy atom. The van der Waals surface area contributed by atoms with E-state index in [-0.39, 0.29) is 6.10 Å². The van der Waals surface area contributed by atoms with Gasteiger partial charge < -0.3 is 14.0 Å². The average Bonchev–Trinajstić information content (AvgIpc) is 3.38. The maximum atomic E-state index is 5.95. The molecule has 3 aromatic rings. The highest BCUT2D eigenvalue weighted by molar-refractivity contribution is 5.88. The quantitative estimate of drug-likeness (QED) is 0.572. The number of benzene rings is 2. The second kappa shape index (κ2) is 7.23. The Balaban J connectivity index is 1.31. The number of hydrogen-bond donors (Lipinski definition) is 0. The molecule has 0 N–H and O–H groups in total. The summed E-state index contributed by atoms with van der Waals surface area (Å²) < 4.78 is 16.8. The van der Waals surface area contributed by atoms with Gasteiger partial charge in [-0.05, 0) is 36.6 Å². The van der Waals surface area contributed by atoms with Crippen LogP contribution in [0.15, 0.2) is 47.0 Å². The number of aromatic nitrogens is 2. The van der Waals surface area contributed by atoms with Crippen LogP contribution in [0.2, 0.25) is 0 Å². The Hall–Kier alpha value is -2.40. The van der Waals surface area contributed by atoms with Crippen molar-refractivity contribution in [3.05, 3.63) is 54.2 Å². The van der Waals surface area contributed by atoms with Gasteiger partial charge >= 0.3 is 0 Å². The molecule has 130 valence electrons. The zero-order valence-corrected chi connectivity index (χ0v) is 14.4. The second-order valence-electron chi connectivity index (χ2n) is 6.47. The van der Waals surface area contributed by atoms with Crippen LogP contribution in [-0.2, 0) is 11.2 Å². The molecule has 0 saturated heterocycles. The van der Waals surface area contributed by atoms with Gasteiger partial charge in [-0.1, -0.05) is 41.6 Å². The summed E-state index contributed by atoms with van der Waals surface area (Å²) >= 11 is 0. The largest absolute Gasteiger partial charge is 0.493 e. The van der Waals surface area contributed by atoms with E-state index in [1.807, 2.05) is 24.3 Å². The lowest BCUT2D eigenvalue weighted by molar-refractivity contribution is 0.0561. The third-order valence-corrected chi connectivity index (χ3v) is 4.58. The molecular formula is C20H22N2O3. The monoisotopic (exact) mass is 338 g/mol. The summed E-state index contributed by atoms with van der Waals surface area (Å²) in [6, 6.07) is 14.4. The van der Waals surface area contributed by atoms with Gasteiger partial charge in [-0.25, -0.2) is 0 Å². The van der Waals surface area contributed by atoms with Gasteiger partial charge in [-0.3, -0.25) is 0 Å². The van der Waals surface area contributed by atoms with Crippen molar-refractivity contribution in [2.75, 3.05) is 13.7 Å². The molecule has 1 fully saturated rings. The predicted octanol–water partition coefficient (Wildman–Crippen LogP) is 4.33. The van der Waals surface area contributed by atoms with Crippen LogP contribution >= 0.6 is 0 Å². The van der Waals surface area contributed by atoms with E-state index < -0.39 is 0 Å². The number of rotatable bonds is 8. The summed E-state index contributed by atoms with van der Waals surface area (Å²) in [6.45, 7) is 0.619. The smallest absolute Gasteiger partial charge is 0.256 e. The maximum Gasteiger partial charge on any atom is 0.256 e. The Kier molecular flexibility index (Phi) is 4.65. The summed E-state index contributed by atoms with van der Waals surface area (Å²) in [7, 11) is 1.70. The maximum absolute atomic E-state index is 5.95. The SMILES string of the molecule is COC(c1nc(CCCOc2cccc3ccccc23)no1)C1CC1. The first-order valence-electron chi connectivity index (χ1n) is 8.81. The Labute approximate surface area is 146 Å². The molecule has 1 unspecified atom stereocenters. The molecule has 2 aromatic carbocycles. The number of ether oxygens (including phenoxy) is 2. The third kappa shape index (κ3) is 3.66. The molecular weight excluding hydrogens is 316 g/mol. The Morgan fingerprint density at radius 2 is 2.00 bits per heavy atom. The van der Waals surface area contributed by atoms with Crippen molar-refractivity contribution >= 4 is 10.8 Å². The summed E-state index contributed by atoms with van der Waals surface area (Å²) in [5, 5.41) is 6.39. The van der Waals surface area contributed by atoms with Crippen LogP contribution in [0.5, 0.6) is 5.75 Å². The number of methoxy groups -OCH3 is 1. The highest BCUT2D eigenvalue weighted by Crippen LogP contribution is 2.42.